The number of hydrogen-bond donors (Lipinski definition) is 2. The molecule has 0 spiro atoms. The number of aromatic nitrogens is 3. The summed E-state index contributed by atoms with van der Waals surface area (Å²) in [7, 11) is 0. The van der Waals surface area contributed by atoms with Gasteiger partial charge in [-0.3, -0.25) is 10.1 Å². The predicted molar refractivity (Wildman–Crippen MR) is 65.4 cm³/mol. The molecule has 2 N–H and O–H groups in total. The Kier molecular flexibility index (Phi) is 3.45. The maximum Gasteiger partial charge on any atom is 0.232 e. The lowest BCUT2D eigenvalue weighted by Gasteiger charge is -2.28. The molecule has 1 aromatic rings. The van der Waals surface area contributed by atoms with Crippen molar-refractivity contribution in [1.29, 1.82) is 0 Å². The van der Waals surface area contributed by atoms with Crippen molar-refractivity contribution < 1.29 is 4.79 Å². The van der Waals surface area contributed by atoms with E-state index < -0.39 is 0 Å². The van der Waals surface area contributed by atoms with E-state index in [9.17, 15) is 4.79 Å². The average Bonchev–Trinajstić information content (AvgIpc) is 2.88. The van der Waals surface area contributed by atoms with Gasteiger partial charge in [0.05, 0.1) is 0 Å². The Hall–Kier alpha value is -1.39. The standard InChI is InChI=1S/C12H20N4O/c1-9(2)7-12(5-3-4-6-12)10(17)15-11-13-8-14-16-11/h8-9H,3-7H2,1-2H3,(H2,13,14,15,16,17). The van der Waals surface area contributed by atoms with Crippen LogP contribution in [0.25, 0.3) is 0 Å². The maximum atomic E-state index is 12.4. The lowest BCUT2D eigenvalue weighted by Crippen LogP contribution is -2.35. The number of hydrogen-bond acceptors (Lipinski definition) is 3. The smallest absolute Gasteiger partial charge is 0.232 e. The third-order valence-electron chi connectivity index (χ3n) is 3.49. The molecule has 0 aromatic carbocycles. The molecular weight excluding hydrogens is 216 g/mol. The molecule has 17 heavy (non-hydrogen) atoms. The highest BCUT2D eigenvalue weighted by Gasteiger charge is 2.41. The molecule has 1 aliphatic rings. The van der Waals surface area contributed by atoms with Crippen LogP contribution in [0, 0.1) is 11.3 Å². The first-order chi connectivity index (χ1) is 8.12. The van der Waals surface area contributed by atoms with Crippen molar-refractivity contribution in [3.8, 4) is 0 Å². The Bertz CT molecular complexity index is 366. The van der Waals surface area contributed by atoms with E-state index in [1.807, 2.05) is 0 Å². The molecule has 5 heteroatoms. The van der Waals surface area contributed by atoms with Gasteiger partial charge in [-0.1, -0.05) is 26.7 Å². The molecule has 1 amide bonds. The van der Waals surface area contributed by atoms with E-state index in [0.717, 1.165) is 32.1 Å². The molecule has 0 atom stereocenters. The zero-order valence-corrected chi connectivity index (χ0v) is 10.5. The number of carbonyl (C=O) groups excluding carboxylic acids is 1. The van der Waals surface area contributed by atoms with Crippen LogP contribution in [0.15, 0.2) is 6.33 Å². The topological polar surface area (TPSA) is 70.7 Å². The van der Waals surface area contributed by atoms with Crippen LogP contribution in [0.2, 0.25) is 0 Å². The number of nitrogens with one attached hydrogen (secondary N) is 2. The lowest BCUT2D eigenvalue weighted by molar-refractivity contribution is -0.126. The number of carbonyl (C=O) groups is 1. The van der Waals surface area contributed by atoms with Gasteiger partial charge in [0.1, 0.15) is 6.33 Å². The van der Waals surface area contributed by atoms with Gasteiger partial charge in [0, 0.05) is 5.41 Å². The van der Waals surface area contributed by atoms with Gasteiger partial charge >= 0.3 is 0 Å². The van der Waals surface area contributed by atoms with E-state index in [1.165, 1.54) is 6.33 Å². The Morgan fingerprint density at radius 1 is 1.53 bits per heavy atom. The van der Waals surface area contributed by atoms with Gasteiger partial charge in [-0.15, -0.1) is 0 Å². The molecule has 0 saturated heterocycles. The minimum absolute atomic E-state index is 0.0976. The SMILES string of the molecule is CC(C)CC1(C(=O)Nc2ncn[nH]2)CCCC1. The number of H-pyrrole nitrogens is 1. The molecule has 1 aliphatic carbocycles. The molecule has 0 unspecified atom stereocenters. The molecule has 1 fully saturated rings. The van der Waals surface area contributed by atoms with Crippen LogP contribution in [0.3, 0.4) is 0 Å². The Labute approximate surface area is 101 Å². The van der Waals surface area contributed by atoms with Gasteiger partial charge in [0.2, 0.25) is 11.9 Å². The lowest BCUT2D eigenvalue weighted by atomic mass is 9.78. The highest BCUT2D eigenvalue weighted by Crippen LogP contribution is 2.43. The van der Waals surface area contributed by atoms with Crippen LogP contribution >= 0.6 is 0 Å². The Morgan fingerprint density at radius 3 is 2.76 bits per heavy atom. The van der Waals surface area contributed by atoms with Crippen molar-refractivity contribution >= 4 is 11.9 Å². The van der Waals surface area contributed by atoms with E-state index >= 15 is 0 Å². The predicted octanol–water partition coefficient (Wildman–Crippen LogP) is 2.35. The molecule has 94 valence electrons. The second-order valence-electron chi connectivity index (χ2n) is 5.37. The van der Waals surface area contributed by atoms with Crippen LogP contribution in [-0.2, 0) is 4.79 Å². The summed E-state index contributed by atoms with van der Waals surface area (Å²) in [5, 5.41) is 9.25. The van der Waals surface area contributed by atoms with Crippen molar-refractivity contribution in [1.82, 2.24) is 15.2 Å². The first-order valence-electron chi connectivity index (χ1n) is 6.29. The first-order valence-corrected chi connectivity index (χ1v) is 6.29. The minimum atomic E-state index is -0.193. The summed E-state index contributed by atoms with van der Waals surface area (Å²) in [6, 6.07) is 0. The monoisotopic (exact) mass is 236 g/mol. The zero-order valence-electron chi connectivity index (χ0n) is 10.5. The molecule has 1 saturated carbocycles. The van der Waals surface area contributed by atoms with Crippen molar-refractivity contribution in [3.63, 3.8) is 0 Å². The molecule has 1 heterocycles. The average molecular weight is 236 g/mol. The van der Waals surface area contributed by atoms with E-state index in [0.29, 0.717) is 11.9 Å². The summed E-state index contributed by atoms with van der Waals surface area (Å²) in [6.07, 6.45) is 6.63. The fraction of sp³-hybridized carbons (Fsp3) is 0.750. The van der Waals surface area contributed by atoms with Crippen molar-refractivity contribution in [3.05, 3.63) is 6.33 Å². The highest BCUT2D eigenvalue weighted by atomic mass is 16.2. The third-order valence-corrected chi connectivity index (χ3v) is 3.49. The molecule has 0 aliphatic heterocycles. The van der Waals surface area contributed by atoms with Crippen molar-refractivity contribution in [2.45, 2.75) is 46.0 Å². The first kappa shape index (κ1) is 12.1. The summed E-state index contributed by atoms with van der Waals surface area (Å²) in [4.78, 5) is 16.3. The number of amides is 1. The van der Waals surface area contributed by atoms with Crippen LogP contribution in [0.1, 0.15) is 46.0 Å². The third kappa shape index (κ3) is 2.65. The van der Waals surface area contributed by atoms with Gasteiger partial charge in [0.15, 0.2) is 0 Å². The fourth-order valence-electron chi connectivity index (χ4n) is 2.86. The van der Waals surface area contributed by atoms with Crippen LogP contribution < -0.4 is 5.32 Å². The number of aromatic amines is 1. The molecular formula is C12H20N4O. The molecule has 2 rings (SSSR count). The number of rotatable bonds is 4. The van der Waals surface area contributed by atoms with Gasteiger partial charge in [0.25, 0.3) is 0 Å². The number of nitrogens with zero attached hydrogens (tertiary/aromatic N) is 2. The Balaban J connectivity index is 2.08. The van der Waals surface area contributed by atoms with E-state index in [-0.39, 0.29) is 11.3 Å². The van der Waals surface area contributed by atoms with Gasteiger partial charge in [-0.25, -0.2) is 5.10 Å². The normalized spacial score (nSPS) is 18.5. The van der Waals surface area contributed by atoms with E-state index in [2.05, 4.69) is 34.3 Å². The fourth-order valence-corrected chi connectivity index (χ4v) is 2.86. The molecule has 1 aromatic heterocycles. The van der Waals surface area contributed by atoms with Gasteiger partial charge in [-0.05, 0) is 25.2 Å². The van der Waals surface area contributed by atoms with Crippen molar-refractivity contribution in [2.75, 3.05) is 5.32 Å². The van der Waals surface area contributed by atoms with Gasteiger partial charge < -0.3 is 0 Å². The van der Waals surface area contributed by atoms with Crippen LogP contribution in [-0.4, -0.2) is 21.1 Å². The second kappa shape index (κ2) is 4.85. The largest absolute Gasteiger partial charge is 0.294 e. The Morgan fingerprint density at radius 2 is 2.24 bits per heavy atom. The van der Waals surface area contributed by atoms with Crippen molar-refractivity contribution in [2.24, 2.45) is 11.3 Å². The van der Waals surface area contributed by atoms with E-state index in [1.54, 1.807) is 0 Å². The minimum Gasteiger partial charge on any atom is -0.294 e. The summed E-state index contributed by atoms with van der Waals surface area (Å²) >= 11 is 0. The molecule has 0 radical (unpaired) electrons. The summed E-state index contributed by atoms with van der Waals surface area (Å²) in [6.45, 7) is 4.34. The quantitative estimate of drug-likeness (QED) is 0.843. The van der Waals surface area contributed by atoms with E-state index in [4.69, 9.17) is 0 Å². The summed E-state index contributed by atoms with van der Waals surface area (Å²) in [5.74, 6) is 1.08. The second-order valence-corrected chi connectivity index (χ2v) is 5.37. The molecule has 5 nitrogen and oxygen atoms in total. The van der Waals surface area contributed by atoms with Gasteiger partial charge in [-0.2, -0.15) is 10.1 Å². The maximum absolute atomic E-state index is 12.4. The van der Waals surface area contributed by atoms with Crippen LogP contribution in [0.5, 0.6) is 0 Å². The summed E-state index contributed by atoms with van der Waals surface area (Å²) < 4.78 is 0. The zero-order chi connectivity index (χ0) is 12.3. The summed E-state index contributed by atoms with van der Waals surface area (Å²) in [5.41, 5.74) is -0.193. The van der Waals surface area contributed by atoms with Crippen LogP contribution in [0.4, 0.5) is 5.95 Å². The molecule has 0 bridgehead atoms. The highest BCUT2D eigenvalue weighted by molar-refractivity contribution is 5.94. The number of anilines is 1.